The topological polar surface area (TPSA) is 93.5 Å². The molecule has 0 spiro atoms. The Balaban J connectivity index is 1.76. The first-order chi connectivity index (χ1) is 15.3. The Labute approximate surface area is 182 Å². The van der Waals surface area contributed by atoms with Crippen molar-refractivity contribution in [1.82, 2.24) is 14.9 Å². The van der Waals surface area contributed by atoms with Crippen LogP contribution in [0.5, 0.6) is 0 Å². The van der Waals surface area contributed by atoms with Crippen molar-refractivity contribution >= 4 is 16.8 Å². The van der Waals surface area contributed by atoms with Crippen LogP contribution in [0.15, 0.2) is 35.4 Å². The van der Waals surface area contributed by atoms with E-state index in [-0.39, 0.29) is 29.5 Å². The van der Waals surface area contributed by atoms with Crippen molar-refractivity contribution in [1.29, 1.82) is 0 Å². The number of rotatable bonds is 4. The summed E-state index contributed by atoms with van der Waals surface area (Å²) in [5.74, 6) is -1.83. The fourth-order valence-corrected chi connectivity index (χ4v) is 4.05. The molecule has 1 fully saturated rings. The maximum absolute atomic E-state index is 15.1. The number of nitrogens with one attached hydrogen (secondary N) is 1. The Bertz CT molecular complexity index is 1260. The number of amides is 1. The molecule has 0 aliphatic carbocycles. The molecule has 0 saturated carbocycles. The fourth-order valence-electron chi connectivity index (χ4n) is 4.05. The highest BCUT2D eigenvalue weighted by Crippen LogP contribution is 2.25. The maximum Gasteiger partial charge on any atom is 0.261 e. The van der Waals surface area contributed by atoms with Gasteiger partial charge in [-0.1, -0.05) is 6.07 Å². The molecule has 2 aromatic carbocycles. The molecular weight excluding hydrogens is 420 g/mol. The molecule has 2 atom stereocenters. The van der Waals surface area contributed by atoms with Crippen LogP contribution in [0, 0.1) is 18.6 Å². The quantitative estimate of drug-likeness (QED) is 0.645. The minimum atomic E-state index is -0.864. The lowest BCUT2D eigenvalue weighted by molar-refractivity contribution is -0.0395. The van der Waals surface area contributed by atoms with Crippen LogP contribution in [0.25, 0.3) is 10.9 Å². The number of fused-ring (bicyclic) bond motifs is 1. The Hall–Kier alpha value is -3.17. The summed E-state index contributed by atoms with van der Waals surface area (Å²) in [4.78, 5) is 29.0. The van der Waals surface area contributed by atoms with E-state index in [9.17, 15) is 19.1 Å². The minimum absolute atomic E-state index is 0.0461. The first-order valence-electron chi connectivity index (χ1n) is 10.3. The zero-order valence-electron chi connectivity index (χ0n) is 17.7. The van der Waals surface area contributed by atoms with Gasteiger partial charge in [-0.15, -0.1) is 0 Å². The average Bonchev–Trinajstić information content (AvgIpc) is 2.78. The van der Waals surface area contributed by atoms with Crippen LogP contribution in [-0.2, 0) is 11.2 Å². The highest BCUT2D eigenvalue weighted by Gasteiger charge is 2.27. The molecule has 168 valence electrons. The van der Waals surface area contributed by atoms with Gasteiger partial charge in [-0.2, -0.15) is 0 Å². The number of ether oxygens (including phenoxy) is 1. The van der Waals surface area contributed by atoms with E-state index in [4.69, 9.17) is 4.74 Å². The fraction of sp³-hybridized carbons (Fsp3) is 0.348. The molecule has 9 heteroatoms. The number of carbonyl (C=O) groups is 1. The number of aliphatic hydroxyl groups is 1. The molecule has 1 aliphatic rings. The predicted molar refractivity (Wildman–Crippen MR) is 114 cm³/mol. The summed E-state index contributed by atoms with van der Waals surface area (Å²) in [7, 11) is 1.41. The zero-order chi connectivity index (χ0) is 23.0. The third-order valence-electron chi connectivity index (χ3n) is 5.92. The molecule has 2 heterocycles. The van der Waals surface area contributed by atoms with Crippen molar-refractivity contribution in [2.45, 2.75) is 31.9 Å². The summed E-state index contributed by atoms with van der Waals surface area (Å²) >= 11 is 0. The van der Waals surface area contributed by atoms with E-state index in [0.29, 0.717) is 29.7 Å². The summed E-state index contributed by atoms with van der Waals surface area (Å²) in [6.45, 7) is 2.09. The van der Waals surface area contributed by atoms with Crippen molar-refractivity contribution in [2.75, 3.05) is 20.3 Å². The molecule has 4 rings (SSSR count). The molecule has 1 aliphatic heterocycles. The standard InChI is InChI=1S/C23H23F2N3O4/c1-12-14(7-13-3-4-15(17(24)8-13)22(30)26-2)9-16-21(20(12)25)27-11-28(23(16)31)18-5-6-32-10-19(18)29/h3-4,8-9,11,18-19,29H,5-7,10H2,1-2H3,(H,26,30)/t18-,19-/m0/s1. The van der Waals surface area contributed by atoms with Gasteiger partial charge in [-0.25, -0.2) is 13.8 Å². The van der Waals surface area contributed by atoms with Crippen LogP contribution in [0.4, 0.5) is 8.78 Å². The van der Waals surface area contributed by atoms with Gasteiger partial charge >= 0.3 is 0 Å². The predicted octanol–water partition coefficient (Wildman–Crippen LogP) is 2.26. The number of aromatic nitrogens is 2. The lowest BCUT2D eigenvalue weighted by Gasteiger charge is -2.29. The highest BCUT2D eigenvalue weighted by atomic mass is 19.1. The molecular formula is C23H23F2N3O4. The highest BCUT2D eigenvalue weighted by molar-refractivity contribution is 5.94. The second kappa shape index (κ2) is 8.76. The third-order valence-corrected chi connectivity index (χ3v) is 5.92. The average molecular weight is 443 g/mol. The van der Waals surface area contributed by atoms with Gasteiger partial charge < -0.3 is 15.2 Å². The van der Waals surface area contributed by atoms with E-state index >= 15 is 4.39 Å². The first-order valence-corrected chi connectivity index (χ1v) is 10.3. The molecule has 0 unspecified atom stereocenters. The smallest absolute Gasteiger partial charge is 0.261 e. The normalized spacial score (nSPS) is 18.7. The minimum Gasteiger partial charge on any atom is -0.389 e. The lowest BCUT2D eigenvalue weighted by Crippen LogP contribution is -2.39. The van der Waals surface area contributed by atoms with Crippen molar-refractivity contribution in [3.8, 4) is 0 Å². The van der Waals surface area contributed by atoms with Gasteiger partial charge in [0.25, 0.3) is 11.5 Å². The van der Waals surface area contributed by atoms with Crippen LogP contribution in [0.2, 0.25) is 0 Å². The monoisotopic (exact) mass is 443 g/mol. The number of halogens is 2. The summed E-state index contributed by atoms with van der Waals surface area (Å²) in [6.07, 6.45) is 1.00. The number of carbonyl (C=O) groups excluding carboxylic acids is 1. The van der Waals surface area contributed by atoms with Gasteiger partial charge in [-0.3, -0.25) is 14.2 Å². The van der Waals surface area contributed by atoms with Gasteiger partial charge in [0.05, 0.1) is 36.0 Å². The van der Waals surface area contributed by atoms with E-state index < -0.39 is 35.2 Å². The van der Waals surface area contributed by atoms with Crippen molar-refractivity contribution < 1.29 is 23.4 Å². The van der Waals surface area contributed by atoms with Crippen LogP contribution in [-0.4, -0.2) is 46.9 Å². The Morgan fingerprint density at radius 1 is 1.34 bits per heavy atom. The number of hydrogen-bond donors (Lipinski definition) is 2. The van der Waals surface area contributed by atoms with Crippen LogP contribution >= 0.6 is 0 Å². The molecule has 0 radical (unpaired) electrons. The van der Waals surface area contributed by atoms with Gasteiger partial charge in [-0.05, 0) is 54.7 Å². The van der Waals surface area contributed by atoms with Crippen LogP contribution < -0.4 is 10.9 Å². The molecule has 1 saturated heterocycles. The summed E-state index contributed by atoms with van der Waals surface area (Å²) in [5.41, 5.74) is 0.758. The SMILES string of the molecule is CNC(=O)c1ccc(Cc2cc3c(=O)n([C@H]4CCOC[C@@H]4O)cnc3c(F)c2C)cc1F. The van der Waals surface area contributed by atoms with Gasteiger partial charge in [0.1, 0.15) is 11.3 Å². The van der Waals surface area contributed by atoms with Crippen molar-refractivity contribution in [2.24, 2.45) is 0 Å². The van der Waals surface area contributed by atoms with Crippen LogP contribution in [0.3, 0.4) is 0 Å². The summed E-state index contributed by atoms with van der Waals surface area (Å²) in [6, 6.07) is 5.25. The van der Waals surface area contributed by atoms with E-state index in [1.807, 2.05) is 0 Å². The Morgan fingerprint density at radius 3 is 2.81 bits per heavy atom. The lowest BCUT2D eigenvalue weighted by atomic mass is 9.97. The Morgan fingerprint density at radius 2 is 2.12 bits per heavy atom. The molecule has 7 nitrogen and oxygen atoms in total. The molecule has 3 aromatic rings. The molecule has 32 heavy (non-hydrogen) atoms. The number of benzene rings is 2. The van der Waals surface area contributed by atoms with Crippen molar-refractivity contribution in [3.05, 3.63) is 74.8 Å². The third kappa shape index (κ3) is 3.89. The van der Waals surface area contributed by atoms with Crippen LogP contribution in [0.1, 0.15) is 39.5 Å². The zero-order valence-corrected chi connectivity index (χ0v) is 17.7. The first kappa shape index (κ1) is 22.0. The number of hydrogen-bond acceptors (Lipinski definition) is 5. The van der Waals surface area contributed by atoms with E-state index in [0.717, 1.165) is 0 Å². The second-order valence-corrected chi connectivity index (χ2v) is 7.90. The molecule has 2 N–H and O–H groups in total. The van der Waals surface area contributed by atoms with Crippen molar-refractivity contribution in [3.63, 3.8) is 0 Å². The summed E-state index contributed by atoms with van der Waals surface area (Å²) < 4.78 is 36.0. The Kier molecular flexibility index (Phi) is 6.03. The maximum atomic E-state index is 15.1. The second-order valence-electron chi connectivity index (χ2n) is 7.90. The van der Waals surface area contributed by atoms with Gasteiger partial charge in [0, 0.05) is 13.7 Å². The molecule has 0 bridgehead atoms. The van der Waals surface area contributed by atoms with Gasteiger partial charge in [0.15, 0.2) is 5.82 Å². The van der Waals surface area contributed by atoms with E-state index in [1.54, 1.807) is 19.1 Å². The number of aliphatic hydroxyl groups excluding tert-OH is 1. The molecule has 1 aromatic heterocycles. The molecule has 1 amide bonds. The largest absolute Gasteiger partial charge is 0.389 e. The summed E-state index contributed by atoms with van der Waals surface area (Å²) in [5, 5.41) is 12.7. The van der Waals surface area contributed by atoms with E-state index in [2.05, 4.69) is 10.3 Å². The van der Waals surface area contributed by atoms with Gasteiger partial charge in [0.2, 0.25) is 0 Å². The van der Waals surface area contributed by atoms with E-state index in [1.165, 1.54) is 30.1 Å². The number of nitrogens with zero attached hydrogens (tertiary/aromatic N) is 2.